The van der Waals surface area contributed by atoms with Gasteiger partial charge in [-0.05, 0) is 230 Å². The number of benzene rings is 21. The fraction of sp³-hybridized carbons (Fsp3) is 0. The Kier molecular flexibility index (Phi) is 15.9. The number of hydrogen-bond donors (Lipinski definition) is 0. The summed E-state index contributed by atoms with van der Waals surface area (Å²) in [7, 11) is 0. The lowest BCUT2D eigenvalue weighted by molar-refractivity contribution is 1.18. The predicted molar refractivity (Wildman–Crippen MR) is 487 cm³/mol. The lowest BCUT2D eigenvalue weighted by Gasteiger charge is -2.28. The summed E-state index contributed by atoms with van der Waals surface area (Å²) in [4.78, 5) is 4.73. The molecule has 0 aliphatic rings. The summed E-state index contributed by atoms with van der Waals surface area (Å²) in [5, 5.41) is 25.3. The van der Waals surface area contributed by atoms with Crippen LogP contribution in [0.2, 0.25) is 0 Å². The van der Waals surface area contributed by atoms with Gasteiger partial charge in [0, 0.05) is 66.4 Å². The molecule has 4 nitrogen and oxygen atoms in total. The van der Waals surface area contributed by atoms with Crippen molar-refractivity contribution in [1.82, 2.24) is 9.13 Å². The quantitative estimate of drug-likeness (QED) is 0.120. The molecule has 23 rings (SSSR count). The Morgan fingerprint density at radius 1 is 0.167 bits per heavy atom. The number of nitrogens with zero attached hydrogens (tertiary/aromatic N) is 4. The molecule has 0 saturated carbocycles. The van der Waals surface area contributed by atoms with Crippen LogP contribution in [0.3, 0.4) is 0 Å². The number of para-hydroxylation sites is 2. The van der Waals surface area contributed by atoms with Crippen LogP contribution in [0.4, 0.5) is 34.1 Å². The van der Waals surface area contributed by atoms with Gasteiger partial charge in [0.05, 0.1) is 33.4 Å². The third-order valence-corrected chi connectivity index (χ3v) is 23.5. The van der Waals surface area contributed by atoms with Crippen molar-refractivity contribution in [3.05, 3.63) is 437 Å². The van der Waals surface area contributed by atoms with Gasteiger partial charge in [0.25, 0.3) is 0 Å². The molecule has 0 saturated heterocycles. The van der Waals surface area contributed by atoms with Gasteiger partial charge in [-0.15, -0.1) is 0 Å². The fourth-order valence-corrected chi connectivity index (χ4v) is 18.2. The summed E-state index contributed by atoms with van der Waals surface area (Å²) < 4.78 is 4.92. The summed E-state index contributed by atoms with van der Waals surface area (Å²) in [5.41, 5.74) is 21.1. The van der Waals surface area contributed by atoms with E-state index in [4.69, 9.17) is 0 Å². The zero-order chi connectivity index (χ0) is 75.2. The first-order chi connectivity index (χ1) is 56.6. The first kappa shape index (κ1) is 65.9. The molecule has 2 heterocycles. The summed E-state index contributed by atoms with van der Waals surface area (Å²) >= 11 is 0. The van der Waals surface area contributed by atoms with Crippen LogP contribution in [0.1, 0.15) is 0 Å². The molecular formula is C110H72N4. The van der Waals surface area contributed by atoms with E-state index >= 15 is 0 Å². The van der Waals surface area contributed by atoms with E-state index < -0.39 is 0 Å². The van der Waals surface area contributed by atoms with E-state index in [1.807, 2.05) is 0 Å². The minimum absolute atomic E-state index is 1.11. The summed E-state index contributed by atoms with van der Waals surface area (Å²) in [6.07, 6.45) is 0. The van der Waals surface area contributed by atoms with E-state index in [1.165, 1.54) is 169 Å². The maximum Gasteiger partial charge on any atom is 0.0548 e. The Balaban J connectivity index is 0.000000140. The van der Waals surface area contributed by atoms with E-state index in [-0.39, 0.29) is 0 Å². The average Bonchev–Trinajstić information content (AvgIpc) is 1.57. The highest BCUT2D eigenvalue weighted by atomic mass is 15.1. The Bertz CT molecular complexity index is 7510. The van der Waals surface area contributed by atoms with Crippen LogP contribution in [0.15, 0.2) is 437 Å². The van der Waals surface area contributed by atoms with Crippen molar-refractivity contribution >= 4 is 164 Å². The van der Waals surface area contributed by atoms with E-state index in [2.05, 4.69) is 456 Å². The van der Waals surface area contributed by atoms with Crippen LogP contribution < -0.4 is 9.80 Å². The second-order valence-electron chi connectivity index (χ2n) is 29.8. The molecule has 0 unspecified atom stereocenters. The minimum Gasteiger partial charge on any atom is -0.311 e. The number of fused-ring (bicyclic) bond motifs is 19. The summed E-state index contributed by atoms with van der Waals surface area (Å²) in [5.74, 6) is 0. The van der Waals surface area contributed by atoms with Gasteiger partial charge in [-0.2, -0.15) is 0 Å². The van der Waals surface area contributed by atoms with Gasteiger partial charge in [0.15, 0.2) is 0 Å². The van der Waals surface area contributed by atoms with Crippen LogP contribution in [0.25, 0.3) is 175 Å². The normalized spacial score (nSPS) is 11.7. The predicted octanol–water partition coefficient (Wildman–Crippen LogP) is 30.7. The van der Waals surface area contributed by atoms with Crippen LogP contribution in [-0.2, 0) is 0 Å². The van der Waals surface area contributed by atoms with Crippen LogP contribution >= 0.6 is 0 Å². The van der Waals surface area contributed by atoms with Crippen molar-refractivity contribution in [1.29, 1.82) is 0 Å². The molecule has 532 valence electrons. The largest absolute Gasteiger partial charge is 0.311 e. The average molecular weight is 1450 g/mol. The van der Waals surface area contributed by atoms with Crippen LogP contribution in [0, 0.1) is 0 Å². The topological polar surface area (TPSA) is 16.3 Å². The highest BCUT2D eigenvalue weighted by molar-refractivity contribution is 6.30. The smallest absolute Gasteiger partial charge is 0.0548 e. The van der Waals surface area contributed by atoms with Gasteiger partial charge in [-0.1, -0.05) is 315 Å². The molecule has 0 aliphatic carbocycles. The third kappa shape index (κ3) is 11.1. The maximum atomic E-state index is 2.49. The Morgan fingerprint density at radius 2 is 0.500 bits per heavy atom. The number of hydrogen-bond acceptors (Lipinski definition) is 2. The molecule has 0 radical (unpaired) electrons. The van der Waals surface area contributed by atoms with Gasteiger partial charge in [0.2, 0.25) is 0 Å². The van der Waals surface area contributed by atoms with Crippen molar-refractivity contribution in [3.63, 3.8) is 0 Å². The second kappa shape index (κ2) is 27.5. The van der Waals surface area contributed by atoms with Gasteiger partial charge >= 0.3 is 0 Å². The highest BCUT2D eigenvalue weighted by Gasteiger charge is 2.24. The van der Waals surface area contributed by atoms with Gasteiger partial charge in [-0.25, -0.2) is 0 Å². The van der Waals surface area contributed by atoms with E-state index in [9.17, 15) is 0 Å². The zero-order valence-corrected chi connectivity index (χ0v) is 62.4. The summed E-state index contributed by atoms with van der Waals surface area (Å²) in [6.45, 7) is 0. The summed E-state index contributed by atoms with van der Waals surface area (Å²) in [6, 6.07) is 159. The van der Waals surface area contributed by atoms with Gasteiger partial charge in [0.1, 0.15) is 0 Å². The molecule has 21 aromatic carbocycles. The van der Waals surface area contributed by atoms with E-state index in [0.717, 1.165) is 39.8 Å². The van der Waals surface area contributed by atoms with Gasteiger partial charge in [-0.3, -0.25) is 0 Å². The molecule has 0 atom stereocenters. The molecule has 2 aromatic heterocycles. The zero-order valence-electron chi connectivity index (χ0n) is 62.4. The fourth-order valence-electron chi connectivity index (χ4n) is 18.2. The van der Waals surface area contributed by atoms with Crippen molar-refractivity contribution in [3.8, 4) is 44.8 Å². The maximum absolute atomic E-state index is 2.49. The van der Waals surface area contributed by atoms with Crippen LogP contribution in [-0.4, -0.2) is 9.13 Å². The van der Waals surface area contributed by atoms with Crippen molar-refractivity contribution in [2.75, 3.05) is 9.80 Å². The number of rotatable bonds is 11. The molecule has 23 aromatic rings. The lowest BCUT2D eigenvalue weighted by Crippen LogP contribution is -2.11. The number of anilines is 6. The Labute approximate surface area is 660 Å². The Morgan fingerprint density at radius 3 is 1.00 bits per heavy atom. The molecule has 0 amide bonds. The molecule has 4 heteroatoms. The van der Waals surface area contributed by atoms with Crippen molar-refractivity contribution < 1.29 is 0 Å². The van der Waals surface area contributed by atoms with E-state index in [1.54, 1.807) is 0 Å². The standard InChI is InChI=1S/C58H38N2.C52H34N2/c1-2-15-45(16-3-1)59(47-34-26-43(27-35-47)54-38-44-14-6-7-17-49(44)52-20-10-11-21-53(52)54)46-30-22-39(23-31-46)40-24-32-48(33-25-40)60-55-36-28-41-12-4-8-18-50(41)57(55)58-51-19-9-5-13-42(51)29-37-56(58)60;1-2-16-41(17-3-1)53(42-28-24-36(25-29-42)40-23-22-35-12-4-5-15-39(35)34-40)47-32-33-48(46-21-11-10-20-45(46)47)54-49-30-26-37-13-6-8-18-43(37)51(49)52-44-19-9-7-14-38(44)27-31-50(52)54/h1-38H;1-34H. The first-order valence-corrected chi connectivity index (χ1v) is 39.3. The highest BCUT2D eigenvalue weighted by Crippen LogP contribution is 2.48. The first-order valence-electron chi connectivity index (χ1n) is 39.3. The number of aromatic nitrogens is 2. The van der Waals surface area contributed by atoms with Crippen molar-refractivity contribution in [2.45, 2.75) is 0 Å². The Hall–Kier alpha value is -15.1. The lowest BCUT2D eigenvalue weighted by atomic mass is 9.93. The van der Waals surface area contributed by atoms with Gasteiger partial charge < -0.3 is 18.9 Å². The SMILES string of the molecule is c1ccc(N(c2ccc(-c3ccc(-n4c5ccc6ccccc6c5c5c6ccccc6ccc54)cc3)cc2)c2ccc(-c3cc4ccccc4c4ccccc34)cc2)cc1.c1ccc(N(c2ccc(-c3ccc4ccccc4c3)cc2)c2ccc(-n3c4ccc5ccccc5c4c4c5ccccc5ccc43)c3ccccc23)cc1. The monoisotopic (exact) mass is 1450 g/mol. The molecule has 0 N–H and O–H groups in total. The molecule has 114 heavy (non-hydrogen) atoms. The van der Waals surface area contributed by atoms with E-state index in [0.29, 0.717) is 0 Å². The van der Waals surface area contributed by atoms with Crippen molar-refractivity contribution in [2.24, 2.45) is 0 Å². The molecular weight excluding hydrogens is 1380 g/mol. The van der Waals surface area contributed by atoms with Crippen LogP contribution in [0.5, 0.6) is 0 Å². The molecule has 0 spiro atoms. The minimum atomic E-state index is 1.11. The molecule has 0 aliphatic heterocycles. The molecule has 0 bridgehead atoms. The second-order valence-corrected chi connectivity index (χ2v) is 29.8. The molecule has 0 fully saturated rings. The third-order valence-electron chi connectivity index (χ3n) is 23.5.